The minimum absolute atomic E-state index is 0.282. The predicted molar refractivity (Wildman–Crippen MR) is 76.9 cm³/mol. The molecule has 1 rings (SSSR count). The van der Waals surface area contributed by atoms with E-state index in [1.54, 1.807) is 22.8 Å². The van der Waals surface area contributed by atoms with Crippen LogP contribution in [0, 0.1) is 0 Å². The van der Waals surface area contributed by atoms with Crippen molar-refractivity contribution in [3.05, 3.63) is 6.33 Å². The van der Waals surface area contributed by atoms with Gasteiger partial charge in [-0.25, -0.2) is 9.67 Å². The van der Waals surface area contributed by atoms with E-state index in [9.17, 15) is 4.79 Å². The molecule has 0 aliphatic rings. The molecule has 1 heterocycles. The molecule has 1 aromatic heterocycles. The molecule has 1 aromatic rings. The van der Waals surface area contributed by atoms with E-state index in [0.29, 0.717) is 0 Å². The minimum atomic E-state index is -0.593. The van der Waals surface area contributed by atoms with Crippen LogP contribution in [0.15, 0.2) is 11.5 Å². The highest BCUT2D eigenvalue weighted by atomic mass is 32.2. The summed E-state index contributed by atoms with van der Waals surface area (Å²) in [5.74, 6) is 0.684. The summed E-state index contributed by atoms with van der Waals surface area (Å²) in [6.45, 7) is 4.59. The van der Waals surface area contributed by atoms with E-state index in [2.05, 4.69) is 15.4 Å². The lowest BCUT2D eigenvalue weighted by molar-refractivity contribution is -0.124. The van der Waals surface area contributed by atoms with Crippen molar-refractivity contribution in [2.24, 2.45) is 12.8 Å². The Morgan fingerprint density at radius 3 is 2.84 bits per heavy atom. The molecule has 7 heteroatoms. The third-order valence-corrected chi connectivity index (χ3v) is 4.20. The summed E-state index contributed by atoms with van der Waals surface area (Å²) in [4.78, 5) is 15.6. The van der Waals surface area contributed by atoms with Crippen LogP contribution in [0.2, 0.25) is 0 Å². The highest BCUT2D eigenvalue weighted by Crippen LogP contribution is 2.18. The molecule has 0 aliphatic carbocycles. The Labute approximate surface area is 118 Å². The summed E-state index contributed by atoms with van der Waals surface area (Å²) in [6.07, 6.45) is 4.29. The predicted octanol–water partition coefficient (Wildman–Crippen LogP) is 0.931. The molecule has 0 saturated heterocycles. The SMILES string of the molecule is CCNC(C)(CCCCSc1ncnn1C)C(N)=O. The molecule has 0 aromatic carbocycles. The van der Waals surface area contributed by atoms with Crippen LogP contribution in [0.4, 0.5) is 0 Å². The molecule has 0 saturated carbocycles. The van der Waals surface area contributed by atoms with Gasteiger partial charge >= 0.3 is 0 Å². The first-order chi connectivity index (χ1) is 8.99. The maximum atomic E-state index is 11.4. The third kappa shape index (κ3) is 4.83. The number of primary amides is 1. The summed E-state index contributed by atoms with van der Waals surface area (Å²) in [7, 11) is 1.88. The lowest BCUT2D eigenvalue weighted by Gasteiger charge is -2.26. The maximum Gasteiger partial charge on any atom is 0.237 e. The normalized spacial score (nSPS) is 14.3. The first kappa shape index (κ1) is 16.0. The van der Waals surface area contributed by atoms with Crippen molar-refractivity contribution < 1.29 is 4.79 Å². The second-order valence-corrected chi connectivity index (χ2v) is 5.76. The van der Waals surface area contributed by atoms with Gasteiger partial charge in [-0.15, -0.1) is 0 Å². The Kier molecular flexibility index (Phi) is 6.30. The van der Waals surface area contributed by atoms with E-state index in [1.165, 1.54) is 0 Å². The van der Waals surface area contributed by atoms with Gasteiger partial charge in [0.15, 0.2) is 5.16 Å². The topological polar surface area (TPSA) is 85.8 Å². The zero-order chi connectivity index (χ0) is 14.3. The fraction of sp³-hybridized carbons (Fsp3) is 0.750. The monoisotopic (exact) mass is 285 g/mol. The minimum Gasteiger partial charge on any atom is -0.368 e. The molecular weight excluding hydrogens is 262 g/mol. The van der Waals surface area contributed by atoms with Crippen molar-refractivity contribution in [2.75, 3.05) is 12.3 Å². The number of nitrogens with two attached hydrogens (primary N) is 1. The standard InChI is InChI=1S/C12H23N5OS/c1-4-15-12(2,10(13)18)7-5-6-8-19-11-14-9-16-17(11)3/h9,15H,4-8H2,1-3H3,(H2,13,18). The Morgan fingerprint density at radius 1 is 1.58 bits per heavy atom. The van der Waals surface area contributed by atoms with Crippen LogP contribution >= 0.6 is 11.8 Å². The smallest absolute Gasteiger partial charge is 0.237 e. The van der Waals surface area contributed by atoms with Crippen LogP contribution < -0.4 is 11.1 Å². The Morgan fingerprint density at radius 2 is 2.32 bits per heavy atom. The zero-order valence-corrected chi connectivity index (χ0v) is 12.7. The van der Waals surface area contributed by atoms with Gasteiger partial charge in [0.05, 0.1) is 5.54 Å². The van der Waals surface area contributed by atoms with Crippen molar-refractivity contribution >= 4 is 17.7 Å². The molecule has 0 bridgehead atoms. The molecule has 0 spiro atoms. The van der Waals surface area contributed by atoms with E-state index in [4.69, 9.17) is 5.73 Å². The van der Waals surface area contributed by atoms with E-state index in [1.807, 2.05) is 20.9 Å². The number of unbranched alkanes of at least 4 members (excludes halogenated alkanes) is 1. The van der Waals surface area contributed by atoms with Crippen molar-refractivity contribution in [2.45, 2.75) is 43.8 Å². The Hall–Kier alpha value is -1.08. The van der Waals surface area contributed by atoms with Crippen LogP contribution in [-0.2, 0) is 11.8 Å². The van der Waals surface area contributed by atoms with Gasteiger partial charge in [0.1, 0.15) is 6.33 Å². The first-order valence-electron chi connectivity index (χ1n) is 6.51. The van der Waals surface area contributed by atoms with Crippen molar-refractivity contribution in [1.29, 1.82) is 0 Å². The fourth-order valence-electron chi connectivity index (χ4n) is 1.85. The van der Waals surface area contributed by atoms with Crippen LogP contribution in [0.1, 0.15) is 33.1 Å². The third-order valence-electron chi connectivity index (χ3n) is 3.08. The highest BCUT2D eigenvalue weighted by molar-refractivity contribution is 7.99. The molecule has 0 fully saturated rings. The number of nitrogens with zero attached hydrogens (tertiary/aromatic N) is 3. The van der Waals surface area contributed by atoms with Crippen LogP contribution in [0.3, 0.4) is 0 Å². The van der Waals surface area contributed by atoms with E-state index in [0.717, 1.165) is 36.7 Å². The Balaban J connectivity index is 2.26. The molecule has 0 aliphatic heterocycles. The molecule has 1 atom stereocenters. The molecule has 19 heavy (non-hydrogen) atoms. The number of carbonyl (C=O) groups excluding carboxylic acids is 1. The van der Waals surface area contributed by atoms with Crippen molar-refractivity contribution in [3.8, 4) is 0 Å². The van der Waals surface area contributed by atoms with Crippen molar-refractivity contribution in [3.63, 3.8) is 0 Å². The number of likely N-dealkylation sites (N-methyl/N-ethyl adjacent to an activating group) is 1. The number of carbonyl (C=O) groups is 1. The molecule has 3 N–H and O–H groups in total. The maximum absolute atomic E-state index is 11.4. The quantitative estimate of drug-likeness (QED) is 0.521. The van der Waals surface area contributed by atoms with Gasteiger partial charge in [-0.1, -0.05) is 25.1 Å². The molecule has 0 radical (unpaired) electrons. The van der Waals surface area contributed by atoms with Crippen LogP contribution in [0.25, 0.3) is 0 Å². The lowest BCUT2D eigenvalue weighted by Crippen LogP contribution is -2.52. The zero-order valence-electron chi connectivity index (χ0n) is 11.8. The summed E-state index contributed by atoms with van der Waals surface area (Å²) in [5.41, 5.74) is 4.85. The van der Waals surface area contributed by atoms with Gasteiger partial charge < -0.3 is 11.1 Å². The molecular formula is C12H23N5OS. The molecule has 108 valence electrons. The second kappa shape index (κ2) is 7.49. The average molecular weight is 285 g/mol. The fourth-order valence-corrected chi connectivity index (χ4v) is 2.74. The van der Waals surface area contributed by atoms with E-state index < -0.39 is 5.54 Å². The summed E-state index contributed by atoms with van der Waals surface area (Å²) in [6, 6.07) is 0. The van der Waals surface area contributed by atoms with E-state index >= 15 is 0 Å². The number of rotatable bonds is 9. The summed E-state index contributed by atoms with van der Waals surface area (Å²) < 4.78 is 1.76. The van der Waals surface area contributed by atoms with Gasteiger partial charge in [-0.2, -0.15) is 5.10 Å². The summed E-state index contributed by atoms with van der Waals surface area (Å²) >= 11 is 1.68. The van der Waals surface area contributed by atoms with Gasteiger partial charge in [-0.3, -0.25) is 4.79 Å². The number of hydrogen-bond acceptors (Lipinski definition) is 5. The molecule has 1 unspecified atom stereocenters. The number of aromatic nitrogens is 3. The summed E-state index contributed by atoms with van der Waals surface area (Å²) in [5, 5.41) is 8.10. The highest BCUT2D eigenvalue weighted by Gasteiger charge is 2.28. The van der Waals surface area contributed by atoms with Gasteiger partial charge in [0, 0.05) is 12.8 Å². The van der Waals surface area contributed by atoms with Crippen LogP contribution in [0.5, 0.6) is 0 Å². The van der Waals surface area contributed by atoms with Crippen molar-refractivity contribution in [1.82, 2.24) is 20.1 Å². The number of thioether (sulfide) groups is 1. The Bertz CT molecular complexity index is 409. The largest absolute Gasteiger partial charge is 0.368 e. The molecule has 1 amide bonds. The van der Waals surface area contributed by atoms with Gasteiger partial charge in [0.25, 0.3) is 0 Å². The lowest BCUT2D eigenvalue weighted by atomic mass is 9.94. The van der Waals surface area contributed by atoms with Gasteiger partial charge in [0.2, 0.25) is 5.91 Å². The van der Waals surface area contributed by atoms with Gasteiger partial charge in [-0.05, 0) is 26.3 Å². The molecule has 6 nitrogen and oxygen atoms in total. The van der Waals surface area contributed by atoms with E-state index in [-0.39, 0.29) is 5.91 Å². The second-order valence-electron chi connectivity index (χ2n) is 4.70. The number of hydrogen-bond donors (Lipinski definition) is 2. The number of aryl methyl sites for hydroxylation is 1. The first-order valence-corrected chi connectivity index (χ1v) is 7.50. The number of nitrogens with one attached hydrogen (secondary N) is 1. The van der Waals surface area contributed by atoms with Crippen LogP contribution in [-0.4, -0.2) is 38.5 Å². The number of amides is 1. The average Bonchev–Trinajstić information content (AvgIpc) is 2.75.